The van der Waals surface area contributed by atoms with Gasteiger partial charge in [-0.05, 0) is 42.8 Å². The second-order valence-corrected chi connectivity index (χ2v) is 5.38. The molecule has 1 amide bonds. The first-order chi connectivity index (χ1) is 11.6. The van der Waals surface area contributed by atoms with Crippen molar-refractivity contribution in [1.29, 1.82) is 0 Å². The van der Waals surface area contributed by atoms with E-state index in [1.807, 2.05) is 0 Å². The molecular weight excluding hydrogens is 313 g/mol. The van der Waals surface area contributed by atoms with Crippen molar-refractivity contribution in [2.75, 3.05) is 18.6 Å². The molecule has 0 bridgehead atoms. The average Bonchev–Trinajstić information content (AvgIpc) is 3.01. The molecule has 1 aliphatic heterocycles. The molecule has 0 spiro atoms. The van der Waals surface area contributed by atoms with Crippen LogP contribution in [0.4, 0.5) is 10.1 Å². The van der Waals surface area contributed by atoms with Gasteiger partial charge in [0.1, 0.15) is 17.3 Å². The normalized spacial score (nSPS) is 13.9. The zero-order chi connectivity index (χ0) is 17.1. The van der Waals surface area contributed by atoms with E-state index in [1.165, 1.54) is 19.2 Å². The molecule has 0 aliphatic carbocycles. The summed E-state index contributed by atoms with van der Waals surface area (Å²) in [6.45, 7) is 0.690. The number of amides is 1. The van der Waals surface area contributed by atoms with E-state index in [4.69, 9.17) is 9.47 Å². The summed E-state index contributed by atoms with van der Waals surface area (Å²) >= 11 is 0. The number of rotatable bonds is 4. The number of anilines is 1. The Balaban J connectivity index is 1.71. The third-order valence-corrected chi connectivity index (χ3v) is 3.83. The quantitative estimate of drug-likeness (QED) is 0.638. The number of hydrogen-bond acceptors (Lipinski definition) is 4. The molecule has 124 valence electrons. The highest BCUT2D eigenvalue weighted by Gasteiger charge is 2.21. The SMILES string of the molecule is COc1ccc(C(=O)Oc2ccc(N3CCCC3=O)cc2)c(F)c1. The molecule has 5 nitrogen and oxygen atoms in total. The van der Waals surface area contributed by atoms with Gasteiger partial charge in [0.15, 0.2) is 0 Å². The lowest BCUT2D eigenvalue weighted by molar-refractivity contribution is -0.117. The average molecular weight is 329 g/mol. The van der Waals surface area contributed by atoms with Gasteiger partial charge in [0.05, 0.1) is 12.7 Å². The maximum Gasteiger partial charge on any atom is 0.346 e. The van der Waals surface area contributed by atoms with Crippen LogP contribution in [0.3, 0.4) is 0 Å². The zero-order valence-electron chi connectivity index (χ0n) is 13.1. The Kier molecular flexibility index (Phi) is 4.46. The minimum Gasteiger partial charge on any atom is -0.497 e. The Morgan fingerprint density at radius 3 is 2.42 bits per heavy atom. The van der Waals surface area contributed by atoms with E-state index >= 15 is 0 Å². The Bertz CT molecular complexity index is 773. The van der Waals surface area contributed by atoms with Crippen LogP contribution in [0.25, 0.3) is 0 Å². The van der Waals surface area contributed by atoms with Crippen LogP contribution in [0.15, 0.2) is 42.5 Å². The predicted octanol–water partition coefficient (Wildman–Crippen LogP) is 3.18. The first kappa shape index (κ1) is 16.0. The number of hydrogen-bond donors (Lipinski definition) is 0. The third-order valence-electron chi connectivity index (χ3n) is 3.83. The van der Waals surface area contributed by atoms with Crippen molar-refractivity contribution in [2.24, 2.45) is 0 Å². The Labute approximate surface area is 138 Å². The number of esters is 1. The zero-order valence-corrected chi connectivity index (χ0v) is 13.1. The van der Waals surface area contributed by atoms with Crippen LogP contribution >= 0.6 is 0 Å². The van der Waals surface area contributed by atoms with Gasteiger partial charge in [-0.3, -0.25) is 4.79 Å². The topological polar surface area (TPSA) is 55.8 Å². The first-order valence-corrected chi connectivity index (χ1v) is 7.54. The molecule has 24 heavy (non-hydrogen) atoms. The lowest BCUT2D eigenvalue weighted by atomic mass is 10.2. The molecule has 1 aliphatic rings. The Hall–Kier alpha value is -2.89. The molecule has 0 aromatic heterocycles. The fraction of sp³-hybridized carbons (Fsp3) is 0.222. The van der Waals surface area contributed by atoms with E-state index < -0.39 is 11.8 Å². The summed E-state index contributed by atoms with van der Waals surface area (Å²) in [7, 11) is 1.42. The molecule has 0 saturated carbocycles. The van der Waals surface area contributed by atoms with E-state index in [2.05, 4.69) is 0 Å². The van der Waals surface area contributed by atoms with Gasteiger partial charge in [0.2, 0.25) is 5.91 Å². The van der Waals surface area contributed by atoms with Crippen molar-refractivity contribution in [1.82, 2.24) is 0 Å². The largest absolute Gasteiger partial charge is 0.497 e. The van der Waals surface area contributed by atoms with Crippen molar-refractivity contribution in [2.45, 2.75) is 12.8 Å². The van der Waals surface area contributed by atoms with Gasteiger partial charge in [-0.25, -0.2) is 9.18 Å². The molecule has 1 heterocycles. The standard InChI is InChI=1S/C18H16FNO4/c1-23-14-8-9-15(16(19)11-14)18(22)24-13-6-4-12(5-7-13)20-10-2-3-17(20)21/h4-9,11H,2-3,10H2,1H3. The fourth-order valence-corrected chi connectivity index (χ4v) is 2.57. The molecular formula is C18H16FNO4. The van der Waals surface area contributed by atoms with Crippen LogP contribution in [-0.4, -0.2) is 25.5 Å². The third kappa shape index (κ3) is 3.22. The predicted molar refractivity (Wildman–Crippen MR) is 85.9 cm³/mol. The summed E-state index contributed by atoms with van der Waals surface area (Å²) in [6.07, 6.45) is 1.39. The minimum absolute atomic E-state index is 0.0834. The van der Waals surface area contributed by atoms with Gasteiger partial charge in [0, 0.05) is 24.7 Å². The fourth-order valence-electron chi connectivity index (χ4n) is 2.57. The number of halogens is 1. The molecule has 0 N–H and O–H groups in total. The number of nitrogens with zero attached hydrogens (tertiary/aromatic N) is 1. The highest BCUT2D eigenvalue weighted by molar-refractivity contribution is 5.95. The van der Waals surface area contributed by atoms with Crippen LogP contribution in [0.2, 0.25) is 0 Å². The van der Waals surface area contributed by atoms with Gasteiger partial charge in [0.25, 0.3) is 0 Å². The molecule has 0 atom stereocenters. The van der Waals surface area contributed by atoms with Crippen molar-refractivity contribution in [3.8, 4) is 11.5 Å². The van der Waals surface area contributed by atoms with E-state index in [0.29, 0.717) is 18.7 Å². The van der Waals surface area contributed by atoms with Crippen LogP contribution in [0.1, 0.15) is 23.2 Å². The second-order valence-electron chi connectivity index (χ2n) is 5.38. The number of carbonyl (C=O) groups is 2. The van der Waals surface area contributed by atoms with Crippen molar-refractivity contribution < 1.29 is 23.5 Å². The molecule has 1 fully saturated rings. The van der Waals surface area contributed by atoms with Crippen LogP contribution < -0.4 is 14.4 Å². The Morgan fingerprint density at radius 2 is 1.83 bits per heavy atom. The van der Waals surface area contributed by atoms with Crippen molar-refractivity contribution >= 4 is 17.6 Å². The highest BCUT2D eigenvalue weighted by atomic mass is 19.1. The van der Waals surface area contributed by atoms with E-state index in [-0.39, 0.29) is 17.2 Å². The van der Waals surface area contributed by atoms with Crippen LogP contribution in [-0.2, 0) is 4.79 Å². The Morgan fingerprint density at radius 1 is 1.12 bits per heavy atom. The van der Waals surface area contributed by atoms with Gasteiger partial charge >= 0.3 is 5.97 Å². The molecule has 0 radical (unpaired) electrons. The van der Waals surface area contributed by atoms with Gasteiger partial charge in [-0.1, -0.05) is 0 Å². The van der Waals surface area contributed by atoms with Crippen LogP contribution in [0.5, 0.6) is 11.5 Å². The monoisotopic (exact) mass is 329 g/mol. The van der Waals surface area contributed by atoms with Gasteiger partial charge < -0.3 is 14.4 Å². The lowest BCUT2D eigenvalue weighted by Gasteiger charge is -2.15. The van der Waals surface area contributed by atoms with Gasteiger partial charge in [-0.15, -0.1) is 0 Å². The number of benzene rings is 2. The van der Waals surface area contributed by atoms with E-state index in [1.54, 1.807) is 29.2 Å². The van der Waals surface area contributed by atoms with E-state index in [0.717, 1.165) is 18.2 Å². The summed E-state index contributed by atoms with van der Waals surface area (Å²) in [4.78, 5) is 25.5. The molecule has 2 aromatic rings. The molecule has 6 heteroatoms. The number of ether oxygens (including phenoxy) is 2. The summed E-state index contributed by atoms with van der Waals surface area (Å²) in [5, 5.41) is 0. The second kappa shape index (κ2) is 6.70. The van der Waals surface area contributed by atoms with Crippen LogP contribution in [0, 0.1) is 5.82 Å². The number of carbonyl (C=O) groups excluding carboxylic acids is 2. The molecule has 3 rings (SSSR count). The summed E-state index contributed by atoms with van der Waals surface area (Å²) in [6, 6.07) is 10.5. The van der Waals surface area contributed by atoms with Gasteiger partial charge in [-0.2, -0.15) is 0 Å². The maximum absolute atomic E-state index is 13.9. The molecule has 2 aromatic carbocycles. The first-order valence-electron chi connectivity index (χ1n) is 7.54. The lowest BCUT2D eigenvalue weighted by Crippen LogP contribution is -2.23. The van der Waals surface area contributed by atoms with E-state index in [9.17, 15) is 14.0 Å². The summed E-state index contributed by atoms with van der Waals surface area (Å²) < 4.78 is 23.9. The minimum atomic E-state index is -0.792. The van der Waals surface area contributed by atoms with Crippen molar-refractivity contribution in [3.63, 3.8) is 0 Å². The number of methoxy groups -OCH3 is 1. The maximum atomic E-state index is 13.9. The molecule has 0 unspecified atom stereocenters. The summed E-state index contributed by atoms with van der Waals surface area (Å²) in [5.41, 5.74) is 0.586. The summed E-state index contributed by atoms with van der Waals surface area (Å²) in [5.74, 6) is -0.812. The smallest absolute Gasteiger partial charge is 0.346 e. The molecule has 1 saturated heterocycles. The highest BCUT2D eigenvalue weighted by Crippen LogP contribution is 2.25. The van der Waals surface area contributed by atoms with Crippen molar-refractivity contribution in [3.05, 3.63) is 53.8 Å².